The summed E-state index contributed by atoms with van der Waals surface area (Å²) in [6, 6.07) is 0. The van der Waals surface area contributed by atoms with Crippen LogP contribution in [0.3, 0.4) is 0 Å². The average Bonchev–Trinajstić information content (AvgIpc) is 2.93. The number of aliphatic imine (C=N–C) groups is 2. The van der Waals surface area contributed by atoms with Crippen LogP contribution in [-0.2, 0) is 18.9 Å². The van der Waals surface area contributed by atoms with E-state index < -0.39 is 5.79 Å². The maximum absolute atomic E-state index is 5.82. The van der Waals surface area contributed by atoms with Gasteiger partial charge in [-0.25, -0.2) is 9.98 Å². The summed E-state index contributed by atoms with van der Waals surface area (Å²) in [5.41, 5.74) is 0. The third-order valence-electron chi connectivity index (χ3n) is 2.80. The van der Waals surface area contributed by atoms with E-state index in [0.717, 1.165) is 0 Å². The zero-order chi connectivity index (χ0) is 11.9. The summed E-state index contributed by atoms with van der Waals surface area (Å²) >= 11 is 0. The van der Waals surface area contributed by atoms with Gasteiger partial charge in [-0.3, -0.25) is 0 Å². The molecule has 3 rings (SSSR count). The molecule has 0 aromatic carbocycles. The Morgan fingerprint density at radius 3 is 1.76 bits per heavy atom. The van der Waals surface area contributed by atoms with Crippen LogP contribution in [-0.4, -0.2) is 56.1 Å². The highest BCUT2D eigenvalue weighted by atomic mass is 16.8. The minimum atomic E-state index is -0.668. The molecule has 6 nitrogen and oxygen atoms in total. The van der Waals surface area contributed by atoms with E-state index in [1.165, 1.54) is 0 Å². The summed E-state index contributed by atoms with van der Waals surface area (Å²) in [5, 5.41) is 0. The molecule has 0 unspecified atom stereocenters. The van der Waals surface area contributed by atoms with Crippen LogP contribution in [0.2, 0.25) is 0 Å². The van der Waals surface area contributed by atoms with Crippen LogP contribution in [0.15, 0.2) is 9.98 Å². The summed E-state index contributed by atoms with van der Waals surface area (Å²) in [4.78, 5) is 8.57. The van der Waals surface area contributed by atoms with E-state index >= 15 is 0 Å². The lowest BCUT2D eigenvalue weighted by Gasteiger charge is -2.16. The van der Waals surface area contributed by atoms with Crippen molar-refractivity contribution in [2.75, 3.05) is 26.3 Å². The third kappa shape index (κ3) is 2.02. The molecule has 0 radical (unpaired) electrons. The molecular formula is C11H16N2O4. The lowest BCUT2D eigenvalue weighted by molar-refractivity contribution is -0.138. The van der Waals surface area contributed by atoms with Crippen LogP contribution in [0.5, 0.6) is 0 Å². The van der Waals surface area contributed by atoms with Gasteiger partial charge in [0.15, 0.2) is 18.0 Å². The van der Waals surface area contributed by atoms with Crippen molar-refractivity contribution >= 4 is 11.8 Å². The van der Waals surface area contributed by atoms with Crippen molar-refractivity contribution in [3.8, 4) is 0 Å². The van der Waals surface area contributed by atoms with Gasteiger partial charge < -0.3 is 18.9 Å². The molecule has 0 N–H and O–H groups in total. The first kappa shape index (κ1) is 11.0. The van der Waals surface area contributed by atoms with Gasteiger partial charge in [0, 0.05) is 0 Å². The topological polar surface area (TPSA) is 61.6 Å². The fourth-order valence-corrected chi connectivity index (χ4v) is 2.17. The number of ether oxygens (including phenoxy) is 4. The molecule has 17 heavy (non-hydrogen) atoms. The Bertz CT molecular complexity index is 344. The number of hydrogen-bond acceptors (Lipinski definition) is 6. The summed E-state index contributed by atoms with van der Waals surface area (Å²) in [5.74, 6) is 0.524. The summed E-state index contributed by atoms with van der Waals surface area (Å²) in [6.45, 7) is 6.30. The molecule has 94 valence electrons. The molecule has 6 heteroatoms. The molecule has 0 aromatic rings. The quantitative estimate of drug-likeness (QED) is 0.699. The Balaban J connectivity index is 1.83. The Morgan fingerprint density at radius 1 is 0.941 bits per heavy atom. The average molecular weight is 240 g/mol. The highest BCUT2D eigenvalue weighted by molar-refractivity contribution is 5.92. The van der Waals surface area contributed by atoms with Crippen molar-refractivity contribution in [2.45, 2.75) is 31.8 Å². The second kappa shape index (κ2) is 3.96. The second-order valence-corrected chi connectivity index (χ2v) is 4.61. The van der Waals surface area contributed by atoms with Gasteiger partial charge in [-0.05, 0) is 13.8 Å². The van der Waals surface area contributed by atoms with E-state index in [0.29, 0.717) is 38.1 Å². The fraction of sp³-hybridized carbons (Fsp3) is 0.818. The molecule has 0 spiro atoms. The summed E-state index contributed by atoms with van der Waals surface area (Å²) in [6.07, 6.45) is -0.686. The Labute approximate surface area is 99.6 Å². The summed E-state index contributed by atoms with van der Waals surface area (Å²) < 4.78 is 22.5. The molecule has 1 saturated heterocycles. The summed E-state index contributed by atoms with van der Waals surface area (Å²) in [7, 11) is 0. The van der Waals surface area contributed by atoms with Crippen LogP contribution >= 0.6 is 0 Å². The fourth-order valence-electron chi connectivity index (χ4n) is 2.17. The molecule has 0 aliphatic carbocycles. The molecule has 0 saturated carbocycles. The molecular weight excluding hydrogens is 224 g/mol. The maximum Gasteiger partial charge on any atom is 0.217 e. The SMILES string of the molecule is CC1(C)O[C@@H](C2=NCCO2)[C@H](C2=NCCO2)O1. The zero-order valence-corrected chi connectivity index (χ0v) is 10.0. The van der Waals surface area contributed by atoms with Crippen LogP contribution in [0.1, 0.15) is 13.8 Å². The van der Waals surface area contributed by atoms with E-state index in [2.05, 4.69) is 9.98 Å². The third-order valence-corrected chi connectivity index (χ3v) is 2.80. The highest BCUT2D eigenvalue weighted by Gasteiger charge is 2.49. The predicted octanol–water partition coefficient (Wildman–Crippen LogP) is 0.364. The van der Waals surface area contributed by atoms with Crippen molar-refractivity contribution in [3.63, 3.8) is 0 Å². The van der Waals surface area contributed by atoms with Gasteiger partial charge in [0.25, 0.3) is 0 Å². The van der Waals surface area contributed by atoms with Crippen LogP contribution in [0.4, 0.5) is 0 Å². The van der Waals surface area contributed by atoms with Gasteiger partial charge >= 0.3 is 0 Å². The molecule has 1 fully saturated rings. The molecule has 3 aliphatic heterocycles. The van der Waals surface area contributed by atoms with E-state index in [1.54, 1.807) is 0 Å². The lowest BCUT2D eigenvalue weighted by Crippen LogP contribution is -2.37. The van der Waals surface area contributed by atoms with Gasteiger partial charge in [-0.2, -0.15) is 0 Å². The van der Waals surface area contributed by atoms with Crippen molar-refractivity contribution < 1.29 is 18.9 Å². The number of rotatable bonds is 2. The minimum absolute atomic E-state index is 0.343. The van der Waals surface area contributed by atoms with Gasteiger partial charge in [0.2, 0.25) is 11.8 Å². The van der Waals surface area contributed by atoms with E-state index in [-0.39, 0.29) is 12.2 Å². The number of hydrogen-bond donors (Lipinski definition) is 0. The monoisotopic (exact) mass is 240 g/mol. The van der Waals surface area contributed by atoms with Crippen LogP contribution < -0.4 is 0 Å². The predicted molar refractivity (Wildman–Crippen MR) is 60.3 cm³/mol. The smallest absolute Gasteiger partial charge is 0.217 e. The largest absolute Gasteiger partial charge is 0.477 e. The molecule has 0 aromatic heterocycles. The standard InChI is InChI=1S/C11H16N2O4/c1-11(2)16-7(9-12-3-5-14-9)8(17-11)10-13-4-6-15-10/h7-8H,3-6H2,1-2H3/t7-,8-/m1/s1. The van der Waals surface area contributed by atoms with Gasteiger partial charge in [0.1, 0.15) is 13.2 Å². The Kier molecular flexibility index (Phi) is 2.56. The van der Waals surface area contributed by atoms with Crippen molar-refractivity contribution in [1.29, 1.82) is 0 Å². The van der Waals surface area contributed by atoms with E-state index in [1.807, 2.05) is 13.8 Å². The minimum Gasteiger partial charge on any atom is -0.477 e. The normalized spacial score (nSPS) is 35.2. The molecule has 3 heterocycles. The Hall–Kier alpha value is -1.14. The second-order valence-electron chi connectivity index (χ2n) is 4.61. The molecule has 3 aliphatic rings. The first-order valence-corrected chi connectivity index (χ1v) is 5.86. The van der Waals surface area contributed by atoms with Crippen molar-refractivity contribution in [3.05, 3.63) is 0 Å². The first-order chi connectivity index (χ1) is 8.16. The van der Waals surface area contributed by atoms with Gasteiger partial charge in [-0.1, -0.05) is 0 Å². The van der Waals surface area contributed by atoms with E-state index in [9.17, 15) is 0 Å². The zero-order valence-electron chi connectivity index (χ0n) is 10.0. The van der Waals surface area contributed by atoms with Crippen LogP contribution in [0, 0.1) is 0 Å². The molecule has 2 atom stereocenters. The van der Waals surface area contributed by atoms with Crippen molar-refractivity contribution in [1.82, 2.24) is 0 Å². The van der Waals surface area contributed by atoms with Gasteiger partial charge in [-0.15, -0.1) is 0 Å². The van der Waals surface area contributed by atoms with Crippen LogP contribution in [0.25, 0.3) is 0 Å². The maximum atomic E-state index is 5.82. The Morgan fingerprint density at radius 2 is 1.41 bits per heavy atom. The highest BCUT2D eigenvalue weighted by Crippen LogP contribution is 2.31. The van der Waals surface area contributed by atoms with Gasteiger partial charge in [0.05, 0.1) is 13.1 Å². The van der Waals surface area contributed by atoms with E-state index in [4.69, 9.17) is 18.9 Å². The number of nitrogens with zero attached hydrogens (tertiary/aromatic N) is 2. The first-order valence-electron chi connectivity index (χ1n) is 5.86. The van der Waals surface area contributed by atoms with Crippen molar-refractivity contribution in [2.24, 2.45) is 9.98 Å². The molecule has 0 bridgehead atoms. The lowest BCUT2D eigenvalue weighted by atomic mass is 10.2. The molecule has 0 amide bonds.